The van der Waals surface area contributed by atoms with Crippen LogP contribution in [0.15, 0.2) is 0 Å². The molecule has 0 amide bonds. The number of hydrogen-bond acceptors (Lipinski definition) is 2. The Kier molecular flexibility index (Phi) is 5.73. The summed E-state index contributed by atoms with van der Waals surface area (Å²) in [6.45, 7) is 8.99. The second kappa shape index (κ2) is 5.99. The lowest BCUT2D eigenvalue weighted by molar-refractivity contribution is -0.0405. The predicted molar refractivity (Wildman–Crippen MR) is 54.3 cm³/mol. The molecule has 2 heteroatoms. The zero-order valence-electron chi connectivity index (χ0n) is 9.26. The molecule has 2 unspecified atom stereocenters. The van der Waals surface area contributed by atoms with Crippen molar-refractivity contribution < 1.29 is 4.74 Å². The lowest BCUT2D eigenvalue weighted by Gasteiger charge is -2.29. The van der Waals surface area contributed by atoms with Gasteiger partial charge in [0.1, 0.15) is 0 Å². The van der Waals surface area contributed by atoms with Crippen molar-refractivity contribution in [3.05, 3.63) is 0 Å². The summed E-state index contributed by atoms with van der Waals surface area (Å²) >= 11 is 0. The first-order chi connectivity index (χ1) is 6.11. The molecule has 0 aliphatic carbocycles. The molecular formula is C11H21NO. The first kappa shape index (κ1) is 12.4. The highest BCUT2D eigenvalue weighted by Gasteiger charge is 2.25. The molecule has 0 heterocycles. The van der Waals surface area contributed by atoms with Crippen LogP contribution in [0.3, 0.4) is 0 Å². The molecular weight excluding hydrogens is 162 g/mol. The molecule has 13 heavy (non-hydrogen) atoms. The average molecular weight is 183 g/mol. The molecule has 0 saturated carbocycles. The highest BCUT2D eigenvalue weighted by molar-refractivity contribution is 4.88. The molecule has 0 aromatic heterocycles. The van der Waals surface area contributed by atoms with Gasteiger partial charge in [-0.25, -0.2) is 0 Å². The van der Waals surface area contributed by atoms with Crippen molar-refractivity contribution in [2.45, 2.75) is 52.6 Å². The van der Waals surface area contributed by atoms with Crippen LogP contribution in [0.25, 0.3) is 0 Å². The summed E-state index contributed by atoms with van der Waals surface area (Å²) < 4.78 is 5.66. The molecule has 0 spiro atoms. The van der Waals surface area contributed by atoms with E-state index in [2.05, 4.69) is 26.8 Å². The Morgan fingerprint density at radius 3 is 2.31 bits per heavy atom. The number of rotatable bonds is 6. The fraction of sp³-hybridized carbons (Fsp3) is 0.909. The Bertz CT molecular complexity index is 173. The fourth-order valence-electron chi connectivity index (χ4n) is 1.46. The van der Waals surface area contributed by atoms with E-state index in [0.29, 0.717) is 0 Å². The molecule has 0 aliphatic rings. The van der Waals surface area contributed by atoms with Crippen molar-refractivity contribution in [1.82, 2.24) is 0 Å². The van der Waals surface area contributed by atoms with Gasteiger partial charge in [-0.1, -0.05) is 13.8 Å². The third-order valence-electron chi connectivity index (χ3n) is 2.59. The van der Waals surface area contributed by atoms with Gasteiger partial charge in [-0.15, -0.1) is 0 Å². The van der Waals surface area contributed by atoms with Crippen LogP contribution in [0.4, 0.5) is 0 Å². The van der Waals surface area contributed by atoms with Crippen molar-refractivity contribution >= 4 is 0 Å². The first-order valence-corrected chi connectivity index (χ1v) is 5.15. The monoisotopic (exact) mass is 183 g/mol. The summed E-state index contributed by atoms with van der Waals surface area (Å²) in [5.41, 5.74) is -0.106. The number of ether oxygens (including phenoxy) is 1. The van der Waals surface area contributed by atoms with Gasteiger partial charge in [0.15, 0.2) is 0 Å². The molecule has 0 rings (SSSR count). The van der Waals surface area contributed by atoms with Crippen molar-refractivity contribution in [1.29, 1.82) is 5.26 Å². The Morgan fingerprint density at radius 1 is 1.38 bits per heavy atom. The van der Waals surface area contributed by atoms with E-state index in [1.54, 1.807) is 0 Å². The lowest BCUT2D eigenvalue weighted by Crippen LogP contribution is -2.30. The molecule has 0 aliphatic heterocycles. The lowest BCUT2D eigenvalue weighted by atomic mass is 9.89. The maximum absolute atomic E-state index is 8.85. The summed E-state index contributed by atoms with van der Waals surface area (Å²) in [7, 11) is 0. The van der Waals surface area contributed by atoms with E-state index in [0.717, 1.165) is 25.9 Å². The van der Waals surface area contributed by atoms with E-state index in [9.17, 15) is 0 Å². The highest BCUT2D eigenvalue weighted by atomic mass is 16.5. The van der Waals surface area contributed by atoms with Gasteiger partial charge in [0.2, 0.25) is 0 Å². The van der Waals surface area contributed by atoms with E-state index in [-0.39, 0.29) is 11.5 Å². The molecule has 0 saturated heterocycles. The minimum Gasteiger partial charge on any atom is -0.376 e. The second-order valence-electron chi connectivity index (χ2n) is 3.67. The van der Waals surface area contributed by atoms with Gasteiger partial charge in [-0.2, -0.15) is 5.26 Å². The minimum absolute atomic E-state index is 0.106. The van der Waals surface area contributed by atoms with Crippen molar-refractivity contribution in [3.8, 4) is 6.07 Å². The maximum Gasteiger partial charge on any atom is 0.0664 e. The van der Waals surface area contributed by atoms with E-state index < -0.39 is 0 Å². The first-order valence-electron chi connectivity index (χ1n) is 5.15. The predicted octanol–water partition coefficient (Wildman–Crippen LogP) is 3.13. The van der Waals surface area contributed by atoms with Crippen LogP contribution >= 0.6 is 0 Å². The van der Waals surface area contributed by atoms with Crippen LogP contribution < -0.4 is 0 Å². The zero-order valence-corrected chi connectivity index (χ0v) is 9.26. The minimum atomic E-state index is -0.106. The van der Waals surface area contributed by atoms with Crippen LogP contribution in [-0.2, 0) is 4.74 Å². The molecule has 0 radical (unpaired) electrons. The SMILES string of the molecule is CCOC(C)(CC)CC(C#N)CC. The van der Waals surface area contributed by atoms with E-state index in [1.165, 1.54) is 0 Å². The van der Waals surface area contributed by atoms with Crippen LogP contribution in [0.2, 0.25) is 0 Å². The zero-order chi connectivity index (χ0) is 10.3. The van der Waals surface area contributed by atoms with Crippen molar-refractivity contribution in [3.63, 3.8) is 0 Å². The summed E-state index contributed by atoms with van der Waals surface area (Å²) in [4.78, 5) is 0. The Hall–Kier alpha value is -0.550. The summed E-state index contributed by atoms with van der Waals surface area (Å²) in [5, 5.41) is 8.85. The van der Waals surface area contributed by atoms with E-state index in [1.807, 2.05) is 6.92 Å². The van der Waals surface area contributed by atoms with Gasteiger partial charge in [-0.05, 0) is 33.1 Å². The molecule has 0 bridgehead atoms. The normalized spacial score (nSPS) is 17.5. The topological polar surface area (TPSA) is 33.0 Å². The smallest absolute Gasteiger partial charge is 0.0664 e. The quantitative estimate of drug-likeness (QED) is 0.633. The summed E-state index contributed by atoms with van der Waals surface area (Å²) in [6, 6.07) is 2.32. The Balaban J connectivity index is 4.17. The highest BCUT2D eigenvalue weighted by Crippen LogP contribution is 2.25. The Labute approximate surface area is 81.9 Å². The molecule has 2 nitrogen and oxygen atoms in total. The van der Waals surface area contributed by atoms with Crippen LogP contribution in [0, 0.1) is 17.2 Å². The van der Waals surface area contributed by atoms with Crippen LogP contribution in [-0.4, -0.2) is 12.2 Å². The van der Waals surface area contributed by atoms with Crippen LogP contribution in [0.5, 0.6) is 0 Å². The van der Waals surface area contributed by atoms with Gasteiger partial charge in [0, 0.05) is 12.5 Å². The third kappa shape index (κ3) is 4.28. The fourth-order valence-corrected chi connectivity index (χ4v) is 1.46. The second-order valence-corrected chi connectivity index (χ2v) is 3.67. The molecule has 0 aromatic carbocycles. The maximum atomic E-state index is 8.85. The average Bonchev–Trinajstić information content (AvgIpc) is 2.15. The summed E-state index contributed by atoms with van der Waals surface area (Å²) in [6.07, 6.45) is 2.74. The Morgan fingerprint density at radius 2 is 2.00 bits per heavy atom. The molecule has 2 atom stereocenters. The number of nitriles is 1. The molecule has 0 N–H and O–H groups in total. The third-order valence-corrected chi connectivity index (χ3v) is 2.59. The molecule has 0 fully saturated rings. The van der Waals surface area contributed by atoms with Crippen molar-refractivity contribution in [2.75, 3.05) is 6.61 Å². The van der Waals surface area contributed by atoms with Gasteiger partial charge in [-0.3, -0.25) is 0 Å². The van der Waals surface area contributed by atoms with E-state index in [4.69, 9.17) is 10.00 Å². The van der Waals surface area contributed by atoms with Gasteiger partial charge in [0.05, 0.1) is 11.7 Å². The van der Waals surface area contributed by atoms with Gasteiger partial charge in [0.25, 0.3) is 0 Å². The van der Waals surface area contributed by atoms with Crippen LogP contribution in [0.1, 0.15) is 47.0 Å². The molecule has 0 aromatic rings. The van der Waals surface area contributed by atoms with Gasteiger partial charge < -0.3 is 4.74 Å². The largest absolute Gasteiger partial charge is 0.376 e. The molecule has 76 valence electrons. The van der Waals surface area contributed by atoms with E-state index >= 15 is 0 Å². The number of nitrogens with zero attached hydrogens (tertiary/aromatic N) is 1. The standard InChI is InChI=1S/C11H21NO/c1-5-10(9-12)8-11(4,6-2)13-7-3/h10H,5-8H2,1-4H3. The summed E-state index contributed by atoms with van der Waals surface area (Å²) in [5.74, 6) is 0.136. The number of hydrogen-bond donors (Lipinski definition) is 0. The van der Waals surface area contributed by atoms with Crippen molar-refractivity contribution in [2.24, 2.45) is 5.92 Å². The van der Waals surface area contributed by atoms with Gasteiger partial charge >= 0.3 is 0 Å².